The predicted octanol–water partition coefficient (Wildman–Crippen LogP) is 2.51. The van der Waals surface area contributed by atoms with Crippen LogP contribution in [0.1, 0.15) is 17.5 Å². The van der Waals surface area contributed by atoms with Crippen molar-refractivity contribution in [2.45, 2.75) is 19.3 Å². The average Bonchev–Trinajstić information content (AvgIpc) is 2.97. The number of rotatable bonds is 4. The largest absolute Gasteiger partial charge is 0.306 e. The molecule has 6 nitrogen and oxygen atoms in total. The fourth-order valence-electron chi connectivity index (χ4n) is 2.76. The third-order valence-electron chi connectivity index (χ3n) is 3.82. The highest BCUT2D eigenvalue weighted by atomic mass is 16.6. The Kier molecular flexibility index (Phi) is 3.82. The molecule has 0 atom stereocenters. The fourth-order valence-corrected chi connectivity index (χ4v) is 2.76. The Labute approximate surface area is 127 Å². The Balaban J connectivity index is 1.78. The van der Waals surface area contributed by atoms with Gasteiger partial charge in [-0.25, -0.2) is 0 Å². The molecular formula is C16H15N3O3. The van der Waals surface area contributed by atoms with E-state index in [0.717, 1.165) is 11.1 Å². The van der Waals surface area contributed by atoms with E-state index >= 15 is 0 Å². The second-order valence-corrected chi connectivity index (χ2v) is 5.20. The van der Waals surface area contributed by atoms with Gasteiger partial charge in [0, 0.05) is 31.4 Å². The Morgan fingerprint density at radius 2 is 2.18 bits per heavy atom. The predicted molar refractivity (Wildman–Crippen MR) is 81.7 cm³/mol. The van der Waals surface area contributed by atoms with Gasteiger partial charge in [0.1, 0.15) is 5.69 Å². The lowest BCUT2D eigenvalue weighted by Gasteiger charge is -2.17. The highest BCUT2D eigenvalue weighted by Gasteiger charge is 2.31. The maximum atomic E-state index is 12.4. The van der Waals surface area contributed by atoms with Crippen LogP contribution in [0.15, 0.2) is 42.7 Å². The molecule has 1 aliphatic heterocycles. The fraction of sp³-hybridized carbons (Fsp3) is 0.250. The summed E-state index contributed by atoms with van der Waals surface area (Å²) in [5.41, 5.74) is 2.31. The van der Waals surface area contributed by atoms with Crippen LogP contribution in [0.3, 0.4) is 0 Å². The van der Waals surface area contributed by atoms with E-state index in [0.29, 0.717) is 31.5 Å². The molecule has 0 radical (unpaired) electrons. The summed E-state index contributed by atoms with van der Waals surface area (Å²) in [4.78, 5) is 28.7. The Morgan fingerprint density at radius 3 is 2.91 bits per heavy atom. The van der Waals surface area contributed by atoms with Crippen LogP contribution in [0.4, 0.5) is 11.4 Å². The number of carbonyl (C=O) groups is 1. The van der Waals surface area contributed by atoms with Crippen LogP contribution in [0.5, 0.6) is 0 Å². The van der Waals surface area contributed by atoms with Crippen molar-refractivity contribution in [3.63, 3.8) is 0 Å². The van der Waals surface area contributed by atoms with E-state index in [4.69, 9.17) is 0 Å². The molecule has 2 aromatic rings. The topological polar surface area (TPSA) is 76.3 Å². The quantitative estimate of drug-likeness (QED) is 0.642. The molecule has 0 saturated carbocycles. The zero-order valence-corrected chi connectivity index (χ0v) is 11.9. The van der Waals surface area contributed by atoms with Gasteiger partial charge in [0.2, 0.25) is 5.91 Å². The van der Waals surface area contributed by atoms with Crippen LogP contribution >= 0.6 is 0 Å². The SMILES string of the molecule is O=C(CCc1cccnc1)N1CCc2cccc([N+](=O)[O-])c21. The maximum absolute atomic E-state index is 12.4. The highest BCUT2D eigenvalue weighted by Crippen LogP contribution is 2.37. The smallest absolute Gasteiger partial charge is 0.293 e. The Hall–Kier alpha value is -2.76. The van der Waals surface area contributed by atoms with E-state index in [9.17, 15) is 14.9 Å². The van der Waals surface area contributed by atoms with E-state index < -0.39 is 4.92 Å². The lowest BCUT2D eigenvalue weighted by Crippen LogP contribution is -2.29. The molecule has 2 heterocycles. The molecule has 0 N–H and O–H groups in total. The number of anilines is 1. The summed E-state index contributed by atoms with van der Waals surface area (Å²) in [7, 11) is 0. The number of hydrogen-bond acceptors (Lipinski definition) is 4. The van der Waals surface area contributed by atoms with Crippen molar-refractivity contribution < 1.29 is 9.72 Å². The van der Waals surface area contributed by atoms with Crippen molar-refractivity contribution in [3.05, 3.63) is 64.0 Å². The van der Waals surface area contributed by atoms with Crippen LogP contribution < -0.4 is 4.90 Å². The minimum Gasteiger partial charge on any atom is -0.306 e. The van der Waals surface area contributed by atoms with Gasteiger partial charge in [0.05, 0.1) is 4.92 Å². The van der Waals surface area contributed by atoms with Gasteiger partial charge in [-0.2, -0.15) is 0 Å². The number of nitro benzene ring substituents is 1. The first-order valence-electron chi connectivity index (χ1n) is 7.12. The van der Waals surface area contributed by atoms with Gasteiger partial charge in [0.25, 0.3) is 5.69 Å². The molecule has 1 aromatic heterocycles. The van der Waals surface area contributed by atoms with Gasteiger partial charge in [-0.15, -0.1) is 0 Å². The molecule has 22 heavy (non-hydrogen) atoms. The zero-order chi connectivity index (χ0) is 15.5. The monoisotopic (exact) mass is 297 g/mol. The summed E-state index contributed by atoms with van der Waals surface area (Å²) in [5.74, 6) is -0.0862. The summed E-state index contributed by atoms with van der Waals surface area (Å²) in [6.45, 7) is 0.506. The van der Waals surface area contributed by atoms with Crippen LogP contribution in [-0.2, 0) is 17.6 Å². The first kappa shape index (κ1) is 14.2. The number of aryl methyl sites for hydroxylation is 1. The van der Waals surface area contributed by atoms with E-state index in [1.165, 1.54) is 6.07 Å². The van der Waals surface area contributed by atoms with Crippen molar-refractivity contribution in [2.75, 3.05) is 11.4 Å². The molecule has 112 valence electrons. The number of hydrogen-bond donors (Lipinski definition) is 0. The number of nitro groups is 1. The first-order valence-corrected chi connectivity index (χ1v) is 7.12. The van der Waals surface area contributed by atoms with Gasteiger partial charge >= 0.3 is 0 Å². The molecule has 1 aromatic carbocycles. The van der Waals surface area contributed by atoms with Gasteiger partial charge in [0.15, 0.2) is 0 Å². The number of pyridine rings is 1. The van der Waals surface area contributed by atoms with Crippen LogP contribution in [0, 0.1) is 10.1 Å². The molecule has 1 amide bonds. The molecule has 0 spiro atoms. The van der Waals surface area contributed by atoms with Gasteiger partial charge in [-0.3, -0.25) is 19.9 Å². The number of benzene rings is 1. The van der Waals surface area contributed by atoms with Crippen LogP contribution in [-0.4, -0.2) is 22.4 Å². The average molecular weight is 297 g/mol. The van der Waals surface area contributed by atoms with Gasteiger partial charge in [-0.05, 0) is 30.0 Å². The van der Waals surface area contributed by atoms with E-state index in [1.807, 2.05) is 18.2 Å². The van der Waals surface area contributed by atoms with Crippen molar-refractivity contribution in [1.82, 2.24) is 4.98 Å². The Bertz CT molecular complexity index is 716. The maximum Gasteiger partial charge on any atom is 0.293 e. The molecule has 3 rings (SSSR count). The van der Waals surface area contributed by atoms with Crippen molar-refractivity contribution in [3.8, 4) is 0 Å². The van der Waals surface area contributed by atoms with Crippen LogP contribution in [0.2, 0.25) is 0 Å². The number of carbonyl (C=O) groups excluding carboxylic acids is 1. The van der Waals surface area contributed by atoms with E-state index in [2.05, 4.69) is 4.98 Å². The minimum absolute atomic E-state index is 0.00438. The number of fused-ring (bicyclic) bond motifs is 1. The number of para-hydroxylation sites is 1. The summed E-state index contributed by atoms with van der Waals surface area (Å²) < 4.78 is 0. The Morgan fingerprint density at radius 1 is 1.32 bits per heavy atom. The second-order valence-electron chi connectivity index (χ2n) is 5.20. The van der Waals surface area contributed by atoms with Crippen molar-refractivity contribution in [2.24, 2.45) is 0 Å². The molecule has 0 fully saturated rings. The summed E-state index contributed by atoms with van der Waals surface area (Å²) in [6.07, 6.45) is 4.98. The van der Waals surface area contributed by atoms with Gasteiger partial charge < -0.3 is 4.90 Å². The number of aromatic nitrogens is 1. The number of amides is 1. The van der Waals surface area contributed by atoms with E-state index in [1.54, 1.807) is 23.4 Å². The van der Waals surface area contributed by atoms with Gasteiger partial charge in [-0.1, -0.05) is 18.2 Å². The van der Waals surface area contributed by atoms with Crippen molar-refractivity contribution in [1.29, 1.82) is 0 Å². The third-order valence-corrected chi connectivity index (χ3v) is 3.82. The number of nitrogens with zero attached hydrogens (tertiary/aromatic N) is 3. The summed E-state index contributed by atoms with van der Waals surface area (Å²) >= 11 is 0. The molecule has 0 bridgehead atoms. The lowest BCUT2D eigenvalue weighted by atomic mass is 10.1. The summed E-state index contributed by atoms with van der Waals surface area (Å²) in [6, 6.07) is 8.71. The lowest BCUT2D eigenvalue weighted by molar-refractivity contribution is -0.384. The highest BCUT2D eigenvalue weighted by molar-refractivity contribution is 5.98. The molecule has 1 aliphatic rings. The summed E-state index contributed by atoms with van der Waals surface area (Å²) in [5, 5.41) is 11.2. The van der Waals surface area contributed by atoms with Crippen molar-refractivity contribution >= 4 is 17.3 Å². The first-order chi connectivity index (χ1) is 10.7. The van der Waals surface area contributed by atoms with Crippen LogP contribution in [0.25, 0.3) is 0 Å². The molecule has 0 saturated heterocycles. The van der Waals surface area contributed by atoms with E-state index in [-0.39, 0.29) is 11.6 Å². The third kappa shape index (κ3) is 2.67. The molecule has 0 unspecified atom stereocenters. The zero-order valence-electron chi connectivity index (χ0n) is 11.9. The second kappa shape index (κ2) is 5.93. The minimum atomic E-state index is -0.425. The molecule has 0 aliphatic carbocycles. The standard InChI is InChI=1S/C16H15N3O3/c20-15(7-6-12-3-2-9-17-11-12)18-10-8-13-4-1-5-14(16(13)18)19(21)22/h1-5,9,11H,6-8,10H2. The molecular weight excluding hydrogens is 282 g/mol. The normalized spacial score (nSPS) is 13.0. The molecule has 6 heteroatoms.